The molecule has 0 radical (unpaired) electrons. The summed E-state index contributed by atoms with van der Waals surface area (Å²) in [5, 5.41) is 2.92. The summed E-state index contributed by atoms with van der Waals surface area (Å²) in [6.07, 6.45) is -2.71. The Morgan fingerprint density at radius 1 is 1.26 bits per heavy atom. The zero-order valence-electron chi connectivity index (χ0n) is 11.1. The molecule has 7 heteroatoms. The minimum atomic E-state index is -3.91. The van der Waals surface area contributed by atoms with Crippen molar-refractivity contribution in [2.75, 3.05) is 13.6 Å². The molecule has 108 valence electrons. The second-order valence-corrected chi connectivity index (χ2v) is 6.04. The van der Waals surface area contributed by atoms with Gasteiger partial charge >= 0.3 is 0 Å². The monoisotopic (exact) mass is 292 g/mol. The van der Waals surface area contributed by atoms with Crippen LogP contribution >= 0.6 is 0 Å². The van der Waals surface area contributed by atoms with Crippen molar-refractivity contribution in [1.29, 1.82) is 0 Å². The fourth-order valence-corrected chi connectivity index (χ4v) is 3.11. The Bertz CT molecular complexity index is 545. The Hall–Kier alpha value is -1.05. The second-order valence-electron chi connectivity index (χ2n) is 4.31. The van der Waals surface area contributed by atoms with Crippen LogP contribution in [0.15, 0.2) is 17.0 Å². The van der Waals surface area contributed by atoms with E-state index in [4.69, 9.17) is 0 Å². The topological polar surface area (TPSA) is 58.2 Å². The molecule has 1 aromatic carbocycles. The summed E-state index contributed by atoms with van der Waals surface area (Å²) < 4.78 is 50.2. The molecular weight excluding hydrogens is 274 g/mol. The smallest absolute Gasteiger partial charge is 0.251 e. The number of alkyl halides is 2. The van der Waals surface area contributed by atoms with Gasteiger partial charge in [-0.3, -0.25) is 0 Å². The van der Waals surface area contributed by atoms with E-state index >= 15 is 0 Å². The van der Waals surface area contributed by atoms with Crippen molar-refractivity contribution in [2.45, 2.75) is 31.7 Å². The maximum atomic E-state index is 12.1. The number of sulfonamides is 1. The van der Waals surface area contributed by atoms with Crippen molar-refractivity contribution in [3.8, 4) is 0 Å². The molecule has 0 aliphatic carbocycles. The summed E-state index contributed by atoms with van der Waals surface area (Å²) in [5.41, 5.74) is 2.18. The number of hydrogen-bond acceptors (Lipinski definition) is 3. The van der Waals surface area contributed by atoms with E-state index in [2.05, 4.69) is 5.32 Å². The van der Waals surface area contributed by atoms with Gasteiger partial charge in [0, 0.05) is 6.54 Å². The first-order chi connectivity index (χ1) is 8.77. The fraction of sp³-hybridized carbons (Fsp3) is 0.500. The first-order valence-electron chi connectivity index (χ1n) is 5.80. The molecule has 0 saturated heterocycles. The molecule has 1 aromatic rings. The van der Waals surface area contributed by atoms with E-state index in [1.54, 1.807) is 20.9 Å². The molecule has 0 aromatic heterocycles. The molecule has 0 atom stereocenters. The summed E-state index contributed by atoms with van der Waals surface area (Å²) in [5.74, 6) is 0. The summed E-state index contributed by atoms with van der Waals surface area (Å²) in [6.45, 7) is 3.09. The summed E-state index contributed by atoms with van der Waals surface area (Å²) in [6, 6.07) is 3.38. The number of aryl methyl sites for hydroxylation is 1. The Balaban J connectivity index is 3.17. The minimum absolute atomic E-state index is 0.0541. The zero-order valence-corrected chi connectivity index (χ0v) is 11.9. The van der Waals surface area contributed by atoms with Gasteiger partial charge < -0.3 is 5.32 Å². The molecular formula is C12H18F2N2O2S. The van der Waals surface area contributed by atoms with Crippen LogP contribution in [0.1, 0.15) is 16.7 Å². The minimum Gasteiger partial charge on any atom is -0.316 e. The lowest BCUT2D eigenvalue weighted by Crippen LogP contribution is -2.29. The standard InChI is InChI=1S/C12H18F2N2O2S/c1-8-4-10(6-15-3)5-11(9(8)2)19(17,18)16-7-12(13)14/h4-5,12,15-16H,6-7H2,1-3H3. The van der Waals surface area contributed by atoms with Crippen LogP contribution in [0.4, 0.5) is 8.78 Å². The third-order valence-corrected chi connectivity index (χ3v) is 4.33. The Labute approximate surface area is 112 Å². The van der Waals surface area contributed by atoms with Crippen molar-refractivity contribution in [3.63, 3.8) is 0 Å². The third-order valence-electron chi connectivity index (χ3n) is 2.78. The van der Waals surface area contributed by atoms with E-state index in [-0.39, 0.29) is 4.90 Å². The Morgan fingerprint density at radius 2 is 1.89 bits per heavy atom. The molecule has 2 N–H and O–H groups in total. The van der Waals surface area contributed by atoms with Crippen LogP contribution in [0.3, 0.4) is 0 Å². The average Bonchev–Trinajstić information content (AvgIpc) is 2.31. The van der Waals surface area contributed by atoms with Crippen molar-refractivity contribution < 1.29 is 17.2 Å². The number of benzene rings is 1. The van der Waals surface area contributed by atoms with E-state index < -0.39 is 23.0 Å². The lowest BCUT2D eigenvalue weighted by Gasteiger charge is -2.13. The van der Waals surface area contributed by atoms with E-state index in [0.29, 0.717) is 12.1 Å². The van der Waals surface area contributed by atoms with Crippen LogP contribution in [0.2, 0.25) is 0 Å². The first kappa shape index (κ1) is 16.0. The molecule has 19 heavy (non-hydrogen) atoms. The Morgan fingerprint density at radius 3 is 2.42 bits per heavy atom. The van der Waals surface area contributed by atoms with Crippen LogP contribution in [-0.2, 0) is 16.6 Å². The second kappa shape index (κ2) is 6.40. The highest BCUT2D eigenvalue weighted by Gasteiger charge is 2.20. The van der Waals surface area contributed by atoms with Crippen molar-refractivity contribution in [2.24, 2.45) is 0 Å². The quantitative estimate of drug-likeness (QED) is 0.836. The third kappa shape index (κ3) is 4.22. The van der Waals surface area contributed by atoms with Crippen molar-refractivity contribution >= 4 is 10.0 Å². The number of rotatable bonds is 6. The van der Waals surface area contributed by atoms with Gasteiger partial charge in [-0.15, -0.1) is 0 Å². The van der Waals surface area contributed by atoms with Crippen LogP contribution in [0.5, 0.6) is 0 Å². The number of nitrogens with one attached hydrogen (secondary N) is 2. The maximum absolute atomic E-state index is 12.1. The van der Waals surface area contributed by atoms with E-state index in [1.165, 1.54) is 6.07 Å². The molecule has 0 heterocycles. The van der Waals surface area contributed by atoms with Gasteiger partial charge in [-0.05, 0) is 43.7 Å². The van der Waals surface area contributed by atoms with Gasteiger partial charge in [0.25, 0.3) is 6.43 Å². The number of hydrogen-bond donors (Lipinski definition) is 2. The van der Waals surface area contributed by atoms with Crippen LogP contribution in [0, 0.1) is 13.8 Å². The fourth-order valence-electron chi connectivity index (χ4n) is 1.73. The van der Waals surface area contributed by atoms with Crippen LogP contribution in [0.25, 0.3) is 0 Å². The molecule has 0 amide bonds. The van der Waals surface area contributed by atoms with E-state index in [9.17, 15) is 17.2 Å². The lowest BCUT2D eigenvalue weighted by atomic mass is 10.1. The highest BCUT2D eigenvalue weighted by molar-refractivity contribution is 7.89. The van der Waals surface area contributed by atoms with Crippen LogP contribution < -0.4 is 10.0 Å². The summed E-state index contributed by atoms with van der Waals surface area (Å²) >= 11 is 0. The molecule has 0 saturated carbocycles. The van der Waals surface area contributed by atoms with Gasteiger partial charge in [0.1, 0.15) is 0 Å². The predicted octanol–water partition coefficient (Wildman–Crippen LogP) is 1.57. The molecule has 1 rings (SSSR count). The largest absolute Gasteiger partial charge is 0.316 e. The summed E-state index contributed by atoms with van der Waals surface area (Å²) in [7, 11) is -2.16. The molecule has 4 nitrogen and oxygen atoms in total. The summed E-state index contributed by atoms with van der Waals surface area (Å²) in [4.78, 5) is 0.0541. The zero-order chi connectivity index (χ0) is 14.6. The lowest BCUT2D eigenvalue weighted by molar-refractivity contribution is 0.153. The van der Waals surface area contributed by atoms with Gasteiger partial charge in [0.05, 0.1) is 11.4 Å². The van der Waals surface area contributed by atoms with Gasteiger partial charge in [-0.1, -0.05) is 6.07 Å². The molecule has 0 fully saturated rings. The van der Waals surface area contributed by atoms with Gasteiger partial charge in [0.2, 0.25) is 10.0 Å². The highest BCUT2D eigenvalue weighted by Crippen LogP contribution is 2.21. The molecule has 0 spiro atoms. The Kier molecular flexibility index (Phi) is 5.39. The van der Waals surface area contributed by atoms with Gasteiger partial charge in [0.15, 0.2) is 0 Å². The van der Waals surface area contributed by atoms with E-state index in [0.717, 1.165) is 11.1 Å². The molecule has 0 aliphatic rings. The highest BCUT2D eigenvalue weighted by atomic mass is 32.2. The first-order valence-corrected chi connectivity index (χ1v) is 7.28. The van der Waals surface area contributed by atoms with E-state index in [1.807, 2.05) is 10.8 Å². The van der Waals surface area contributed by atoms with Crippen LogP contribution in [-0.4, -0.2) is 28.4 Å². The maximum Gasteiger partial charge on any atom is 0.251 e. The normalized spacial score (nSPS) is 12.1. The van der Waals surface area contributed by atoms with Gasteiger partial charge in [-0.25, -0.2) is 21.9 Å². The van der Waals surface area contributed by atoms with Crippen molar-refractivity contribution in [1.82, 2.24) is 10.0 Å². The predicted molar refractivity (Wildman–Crippen MR) is 69.9 cm³/mol. The molecule has 0 aliphatic heterocycles. The molecule has 0 unspecified atom stereocenters. The average molecular weight is 292 g/mol. The van der Waals surface area contributed by atoms with Crippen molar-refractivity contribution in [3.05, 3.63) is 28.8 Å². The SMILES string of the molecule is CNCc1cc(C)c(C)c(S(=O)(=O)NCC(F)F)c1. The molecule has 0 bridgehead atoms. The number of halogens is 2. The van der Waals surface area contributed by atoms with Gasteiger partial charge in [-0.2, -0.15) is 0 Å².